The van der Waals surface area contributed by atoms with Crippen molar-refractivity contribution in [3.8, 4) is 0 Å². The number of fused-ring (bicyclic) bond motifs is 2. The first-order valence-corrected chi connectivity index (χ1v) is 7.73. The Bertz CT molecular complexity index is 724. The molecule has 1 unspecified atom stereocenters. The van der Waals surface area contributed by atoms with Crippen molar-refractivity contribution >= 4 is 16.9 Å². The Morgan fingerprint density at radius 2 is 2.36 bits per heavy atom. The Morgan fingerprint density at radius 1 is 1.50 bits per heavy atom. The molecule has 1 aromatic carbocycles. The van der Waals surface area contributed by atoms with Gasteiger partial charge in [-0.15, -0.1) is 0 Å². The molecule has 5 nitrogen and oxygen atoms in total. The zero-order valence-electron chi connectivity index (χ0n) is 12.6. The van der Waals surface area contributed by atoms with Crippen LogP contribution in [-0.2, 0) is 16.0 Å². The van der Waals surface area contributed by atoms with Gasteiger partial charge in [-0.25, -0.2) is 0 Å². The molecule has 2 heterocycles. The number of H-pyrrole nitrogens is 1. The molecule has 2 aliphatic rings. The lowest BCUT2D eigenvalue weighted by molar-refractivity contribution is -0.146. The number of piperidine rings is 1. The highest BCUT2D eigenvalue weighted by molar-refractivity contribution is 5.88. The summed E-state index contributed by atoms with van der Waals surface area (Å²) in [6.45, 7) is 1.06. The zero-order valence-corrected chi connectivity index (χ0v) is 12.6. The topological polar surface area (TPSA) is 65.6 Å². The van der Waals surface area contributed by atoms with Crippen LogP contribution in [0.4, 0.5) is 0 Å². The number of methoxy groups -OCH3 is 1. The third kappa shape index (κ3) is 1.96. The second-order valence-electron chi connectivity index (χ2n) is 6.42. The summed E-state index contributed by atoms with van der Waals surface area (Å²) >= 11 is 0. The Kier molecular flexibility index (Phi) is 3.20. The number of ether oxygens (including phenoxy) is 1. The quantitative estimate of drug-likeness (QED) is 0.912. The lowest BCUT2D eigenvalue weighted by Crippen LogP contribution is -2.52. The van der Waals surface area contributed by atoms with Gasteiger partial charge in [-0.1, -0.05) is 12.1 Å². The molecule has 1 aliphatic heterocycles. The molecule has 1 fully saturated rings. The molecule has 0 spiro atoms. The van der Waals surface area contributed by atoms with Gasteiger partial charge in [-0.2, -0.15) is 0 Å². The van der Waals surface area contributed by atoms with E-state index in [-0.39, 0.29) is 11.8 Å². The van der Waals surface area contributed by atoms with Crippen molar-refractivity contribution in [2.45, 2.75) is 24.8 Å². The summed E-state index contributed by atoms with van der Waals surface area (Å²) in [6.07, 6.45) is 3.76. The molecule has 4 rings (SSSR count). The highest BCUT2D eigenvalue weighted by Crippen LogP contribution is 2.44. The Morgan fingerprint density at radius 3 is 3.14 bits per heavy atom. The van der Waals surface area contributed by atoms with Crippen LogP contribution in [0.5, 0.6) is 0 Å². The summed E-state index contributed by atoms with van der Waals surface area (Å²) < 4.78 is 5.33. The van der Waals surface area contributed by atoms with Crippen LogP contribution < -0.4 is 0 Å². The molecule has 1 saturated heterocycles. The molecule has 0 saturated carbocycles. The number of aromatic nitrogens is 1. The maximum atomic E-state index is 11.5. The molecule has 1 aliphatic carbocycles. The molecule has 2 aromatic rings. The fourth-order valence-corrected chi connectivity index (χ4v) is 4.29. The fourth-order valence-electron chi connectivity index (χ4n) is 4.29. The van der Waals surface area contributed by atoms with Crippen LogP contribution in [0.15, 0.2) is 24.4 Å². The maximum absolute atomic E-state index is 11.5. The average Bonchev–Trinajstić information content (AvgIpc) is 2.93. The van der Waals surface area contributed by atoms with Gasteiger partial charge in [-0.3, -0.25) is 9.69 Å². The van der Waals surface area contributed by atoms with E-state index in [1.807, 2.05) is 0 Å². The van der Waals surface area contributed by atoms with Crippen molar-refractivity contribution in [3.63, 3.8) is 0 Å². The number of hydrogen-bond donors (Lipinski definition) is 2. The minimum Gasteiger partial charge on any atom is -0.481 e. The number of aromatic amines is 1. The number of carboxylic acids is 1. The first kappa shape index (κ1) is 13.8. The van der Waals surface area contributed by atoms with Crippen LogP contribution in [0.2, 0.25) is 0 Å². The molecule has 5 heteroatoms. The van der Waals surface area contributed by atoms with E-state index in [2.05, 4.69) is 34.3 Å². The van der Waals surface area contributed by atoms with Gasteiger partial charge < -0.3 is 14.8 Å². The molecule has 3 atom stereocenters. The molecule has 116 valence electrons. The number of carbonyl (C=O) groups is 1. The monoisotopic (exact) mass is 300 g/mol. The van der Waals surface area contributed by atoms with Gasteiger partial charge in [-0.05, 0) is 30.0 Å². The standard InChI is InChI=1S/C17H20N2O3/c1-22-9-19-8-11(17(20)21)5-13-12-3-2-4-14-16(12)10(7-18-14)6-15(13)19/h2-4,7,11,13,15,18H,5-6,8-9H2,1H3,(H,20,21)/t11-,13?,15-/m1/s1. The average molecular weight is 300 g/mol. The smallest absolute Gasteiger partial charge is 0.307 e. The first-order chi connectivity index (χ1) is 10.7. The van der Waals surface area contributed by atoms with Crippen LogP contribution in [0.3, 0.4) is 0 Å². The molecule has 0 amide bonds. The van der Waals surface area contributed by atoms with Crippen molar-refractivity contribution in [2.75, 3.05) is 20.4 Å². The summed E-state index contributed by atoms with van der Waals surface area (Å²) in [7, 11) is 1.67. The zero-order chi connectivity index (χ0) is 15.3. The van der Waals surface area contributed by atoms with E-state index in [4.69, 9.17) is 4.74 Å². The van der Waals surface area contributed by atoms with E-state index in [0.29, 0.717) is 25.7 Å². The van der Waals surface area contributed by atoms with Gasteiger partial charge in [0.2, 0.25) is 0 Å². The second kappa shape index (κ2) is 5.11. The lowest BCUT2D eigenvalue weighted by atomic mass is 9.72. The van der Waals surface area contributed by atoms with Crippen molar-refractivity contribution in [1.29, 1.82) is 0 Å². The van der Waals surface area contributed by atoms with Crippen molar-refractivity contribution in [3.05, 3.63) is 35.5 Å². The molecular formula is C17H20N2O3. The van der Waals surface area contributed by atoms with Gasteiger partial charge in [0.15, 0.2) is 0 Å². The van der Waals surface area contributed by atoms with Gasteiger partial charge in [0, 0.05) is 42.7 Å². The van der Waals surface area contributed by atoms with E-state index in [0.717, 1.165) is 11.9 Å². The van der Waals surface area contributed by atoms with Crippen molar-refractivity contribution < 1.29 is 14.6 Å². The number of likely N-dealkylation sites (tertiary alicyclic amines) is 1. The van der Waals surface area contributed by atoms with Crippen LogP contribution in [0, 0.1) is 5.92 Å². The summed E-state index contributed by atoms with van der Waals surface area (Å²) in [5, 5.41) is 10.8. The molecule has 0 bridgehead atoms. The molecular weight excluding hydrogens is 280 g/mol. The number of hydrogen-bond acceptors (Lipinski definition) is 3. The largest absolute Gasteiger partial charge is 0.481 e. The summed E-state index contributed by atoms with van der Waals surface area (Å²) in [5.41, 5.74) is 3.78. The number of carboxylic acid groups (broad SMARTS) is 1. The summed E-state index contributed by atoms with van der Waals surface area (Å²) in [6, 6.07) is 6.63. The van der Waals surface area contributed by atoms with Gasteiger partial charge in [0.05, 0.1) is 12.6 Å². The Hall–Kier alpha value is -1.85. The minimum absolute atomic E-state index is 0.261. The second-order valence-corrected chi connectivity index (χ2v) is 6.42. The highest BCUT2D eigenvalue weighted by Gasteiger charge is 2.42. The third-order valence-electron chi connectivity index (χ3n) is 5.22. The van der Waals surface area contributed by atoms with Crippen LogP contribution in [-0.4, -0.2) is 47.4 Å². The molecule has 2 N–H and O–H groups in total. The lowest BCUT2D eigenvalue weighted by Gasteiger charge is -2.45. The number of benzene rings is 1. The summed E-state index contributed by atoms with van der Waals surface area (Å²) in [5.74, 6) is -0.768. The van der Waals surface area contributed by atoms with Gasteiger partial charge in [0.1, 0.15) is 0 Å². The van der Waals surface area contributed by atoms with E-state index in [9.17, 15) is 9.90 Å². The Balaban J connectivity index is 1.80. The van der Waals surface area contributed by atoms with Crippen LogP contribution >= 0.6 is 0 Å². The SMILES string of the molecule is COCN1C[C@H](C(=O)O)CC2c3cccc4[nH]cc(c34)C[C@H]21. The van der Waals surface area contributed by atoms with E-state index in [1.54, 1.807) is 7.11 Å². The highest BCUT2D eigenvalue weighted by atomic mass is 16.5. The van der Waals surface area contributed by atoms with Gasteiger partial charge >= 0.3 is 5.97 Å². The van der Waals surface area contributed by atoms with Crippen molar-refractivity contribution in [2.24, 2.45) is 5.92 Å². The third-order valence-corrected chi connectivity index (χ3v) is 5.22. The molecule has 0 radical (unpaired) electrons. The van der Waals surface area contributed by atoms with Gasteiger partial charge in [0.25, 0.3) is 0 Å². The van der Waals surface area contributed by atoms with E-state index in [1.165, 1.54) is 16.5 Å². The minimum atomic E-state index is -0.702. The number of nitrogens with zero attached hydrogens (tertiary/aromatic N) is 1. The molecule has 1 aromatic heterocycles. The fraction of sp³-hybridized carbons (Fsp3) is 0.471. The van der Waals surface area contributed by atoms with Crippen LogP contribution in [0.25, 0.3) is 10.9 Å². The number of rotatable bonds is 3. The maximum Gasteiger partial charge on any atom is 0.307 e. The first-order valence-electron chi connectivity index (χ1n) is 7.73. The predicted octanol–water partition coefficient (Wildman–Crippen LogP) is 2.19. The van der Waals surface area contributed by atoms with Crippen LogP contribution in [0.1, 0.15) is 23.5 Å². The Labute approximate surface area is 128 Å². The normalized spacial score (nSPS) is 27.8. The number of nitrogens with one attached hydrogen (secondary N) is 1. The molecule has 22 heavy (non-hydrogen) atoms. The summed E-state index contributed by atoms with van der Waals surface area (Å²) in [4.78, 5) is 17.1. The number of aliphatic carboxylic acids is 1. The van der Waals surface area contributed by atoms with E-state index >= 15 is 0 Å². The van der Waals surface area contributed by atoms with Crippen molar-refractivity contribution in [1.82, 2.24) is 9.88 Å². The van der Waals surface area contributed by atoms with E-state index < -0.39 is 5.97 Å². The predicted molar refractivity (Wildman–Crippen MR) is 82.9 cm³/mol.